The largest absolute Gasteiger partial charge is 0.390 e. The van der Waals surface area contributed by atoms with E-state index in [1.807, 2.05) is 13.8 Å². The van der Waals surface area contributed by atoms with Crippen molar-refractivity contribution in [2.24, 2.45) is 11.3 Å². The van der Waals surface area contributed by atoms with Crippen molar-refractivity contribution in [1.82, 2.24) is 0 Å². The Hall–Kier alpha value is -0.810. The maximum Gasteiger partial charge on any atom is 0.0697 e. The van der Waals surface area contributed by atoms with Gasteiger partial charge in [0.2, 0.25) is 0 Å². The summed E-state index contributed by atoms with van der Waals surface area (Å²) in [6.07, 6.45) is 3.96. The van der Waals surface area contributed by atoms with Gasteiger partial charge in [-0.3, -0.25) is 0 Å². The van der Waals surface area contributed by atoms with Crippen LogP contribution in [0.3, 0.4) is 0 Å². The van der Waals surface area contributed by atoms with E-state index in [4.69, 9.17) is 5.26 Å². The molecule has 0 amide bonds. The molecule has 0 spiro atoms. The predicted molar refractivity (Wildman–Crippen MR) is 51.9 cm³/mol. The molecule has 0 radical (unpaired) electrons. The zero-order valence-corrected chi connectivity index (χ0v) is 8.38. The zero-order chi connectivity index (χ0) is 10.1. The van der Waals surface area contributed by atoms with E-state index >= 15 is 0 Å². The molecule has 0 aliphatic heterocycles. The van der Waals surface area contributed by atoms with Gasteiger partial charge in [0, 0.05) is 5.92 Å². The first-order valence-electron chi connectivity index (χ1n) is 4.73. The molecule has 13 heavy (non-hydrogen) atoms. The average Bonchev–Trinajstić information content (AvgIpc) is 2.31. The van der Waals surface area contributed by atoms with Crippen molar-refractivity contribution < 1.29 is 5.11 Å². The fraction of sp³-hybridized carbons (Fsp3) is 0.727. The fourth-order valence-electron chi connectivity index (χ4n) is 2.24. The van der Waals surface area contributed by atoms with E-state index in [9.17, 15) is 5.11 Å². The van der Waals surface area contributed by atoms with E-state index in [2.05, 4.69) is 12.6 Å². The van der Waals surface area contributed by atoms with Crippen LogP contribution in [-0.2, 0) is 0 Å². The summed E-state index contributed by atoms with van der Waals surface area (Å²) in [5.74, 6) is 0.0306. The van der Waals surface area contributed by atoms with Gasteiger partial charge in [0.1, 0.15) is 0 Å². The Labute approximate surface area is 79.9 Å². The topological polar surface area (TPSA) is 44.0 Å². The molecule has 0 saturated heterocycles. The summed E-state index contributed by atoms with van der Waals surface area (Å²) in [6.45, 7) is 7.44. The number of aliphatic hydroxyl groups is 1. The third kappa shape index (κ3) is 1.49. The highest BCUT2D eigenvalue weighted by atomic mass is 16.3. The third-order valence-electron chi connectivity index (χ3n) is 3.57. The van der Waals surface area contributed by atoms with Crippen LogP contribution in [0.2, 0.25) is 0 Å². The van der Waals surface area contributed by atoms with Crippen molar-refractivity contribution in [3.63, 3.8) is 0 Å². The summed E-state index contributed by atoms with van der Waals surface area (Å²) < 4.78 is 0. The second-order valence-electron chi connectivity index (χ2n) is 4.34. The van der Waals surface area contributed by atoms with Gasteiger partial charge in [-0.15, -0.1) is 6.58 Å². The first-order chi connectivity index (χ1) is 5.98. The average molecular weight is 179 g/mol. The van der Waals surface area contributed by atoms with Crippen molar-refractivity contribution in [1.29, 1.82) is 5.26 Å². The molecule has 1 aliphatic carbocycles. The van der Waals surface area contributed by atoms with E-state index in [0.29, 0.717) is 6.42 Å². The molecule has 1 rings (SSSR count). The smallest absolute Gasteiger partial charge is 0.0697 e. The quantitative estimate of drug-likeness (QED) is 0.661. The molecule has 0 unspecified atom stereocenters. The number of nitriles is 1. The fourth-order valence-corrected chi connectivity index (χ4v) is 2.24. The molecule has 1 N–H and O–H groups in total. The van der Waals surface area contributed by atoms with Crippen LogP contribution in [-0.4, -0.2) is 10.7 Å². The summed E-state index contributed by atoms with van der Waals surface area (Å²) in [4.78, 5) is 0. The predicted octanol–water partition coefficient (Wildman–Crippen LogP) is 2.25. The summed E-state index contributed by atoms with van der Waals surface area (Å²) in [7, 11) is 0. The molecule has 0 aromatic rings. The molecule has 0 aromatic carbocycles. The highest BCUT2D eigenvalue weighted by Gasteiger charge is 2.51. The van der Waals surface area contributed by atoms with Crippen LogP contribution >= 0.6 is 0 Å². The molecule has 0 heterocycles. The summed E-state index contributed by atoms with van der Waals surface area (Å²) in [5, 5.41) is 19.1. The maximum atomic E-state index is 9.97. The Balaban J connectivity index is 2.93. The lowest BCUT2D eigenvalue weighted by Crippen LogP contribution is -2.34. The van der Waals surface area contributed by atoms with Gasteiger partial charge in [0.05, 0.1) is 17.1 Å². The number of nitrogens with zero attached hydrogens (tertiary/aromatic N) is 1. The highest BCUT2D eigenvalue weighted by Crippen LogP contribution is 2.50. The first-order valence-corrected chi connectivity index (χ1v) is 4.73. The Kier molecular flexibility index (Phi) is 2.49. The van der Waals surface area contributed by atoms with E-state index < -0.39 is 5.60 Å². The molecular formula is C11H17NO. The molecular weight excluding hydrogens is 162 g/mol. The van der Waals surface area contributed by atoms with Gasteiger partial charge in [-0.25, -0.2) is 0 Å². The number of rotatable bonds is 2. The van der Waals surface area contributed by atoms with E-state index in [-0.39, 0.29) is 11.3 Å². The van der Waals surface area contributed by atoms with Gasteiger partial charge in [-0.2, -0.15) is 5.26 Å². The molecule has 1 saturated carbocycles. The molecule has 72 valence electrons. The highest BCUT2D eigenvalue weighted by molar-refractivity contribution is 5.13. The van der Waals surface area contributed by atoms with Crippen LogP contribution in [0.4, 0.5) is 0 Å². The summed E-state index contributed by atoms with van der Waals surface area (Å²) in [5.41, 5.74) is -1.07. The Bertz CT molecular complexity index is 251. The van der Waals surface area contributed by atoms with Crippen LogP contribution in [0.15, 0.2) is 12.7 Å². The van der Waals surface area contributed by atoms with Crippen molar-refractivity contribution >= 4 is 0 Å². The zero-order valence-electron chi connectivity index (χ0n) is 8.38. The van der Waals surface area contributed by atoms with Crippen LogP contribution in [0.1, 0.15) is 33.1 Å². The van der Waals surface area contributed by atoms with Gasteiger partial charge >= 0.3 is 0 Å². The van der Waals surface area contributed by atoms with E-state index in [1.165, 1.54) is 0 Å². The molecule has 1 aliphatic rings. The monoisotopic (exact) mass is 179 g/mol. The second-order valence-corrected chi connectivity index (χ2v) is 4.34. The van der Waals surface area contributed by atoms with Gasteiger partial charge in [0.15, 0.2) is 0 Å². The summed E-state index contributed by atoms with van der Waals surface area (Å²) in [6, 6.07) is 2.35. The molecule has 3 atom stereocenters. The number of hydrogen-bond donors (Lipinski definition) is 1. The van der Waals surface area contributed by atoms with Gasteiger partial charge in [-0.05, 0) is 26.2 Å². The standard InChI is InChI=1S/C11H17NO/c1-4-5-11(8-12)7-6-10(3,13)9(11)2/h4,9,13H,1,5-7H2,2-3H3/t9-,10-,11-/m1/s1. The van der Waals surface area contributed by atoms with Gasteiger partial charge in [0.25, 0.3) is 0 Å². The third-order valence-corrected chi connectivity index (χ3v) is 3.57. The molecule has 2 heteroatoms. The van der Waals surface area contributed by atoms with Gasteiger partial charge < -0.3 is 5.11 Å². The number of allylic oxidation sites excluding steroid dienone is 1. The van der Waals surface area contributed by atoms with Crippen molar-refractivity contribution in [2.75, 3.05) is 0 Å². The van der Waals surface area contributed by atoms with Crippen LogP contribution in [0.25, 0.3) is 0 Å². The Morgan fingerprint density at radius 3 is 2.62 bits per heavy atom. The lowest BCUT2D eigenvalue weighted by Gasteiger charge is -2.30. The molecule has 2 nitrogen and oxygen atoms in total. The molecule has 1 fully saturated rings. The first kappa shape index (κ1) is 10.3. The van der Waals surface area contributed by atoms with Crippen molar-refractivity contribution in [3.8, 4) is 6.07 Å². The lowest BCUT2D eigenvalue weighted by atomic mass is 9.74. The van der Waals surface area contributed by atoms with Crippen LogP contribution in [0, 0.1) is 22.7 Å². The Morgan fingerprint density at radius 1 is 1.69 bits per heavy atom. The SMILES string of the molecule is C=CC[C@]1(C#N)CC[C@@](C)(O)[C@H]1C. The van der Waals surface area contributed by atoms with Gasteiger partial charge in [-0.1, -0.05) is 13.0 Å². The van der Waals surface area contributed by atoms with Crippen molar-refractivity contribution in [2.45, 2.75) is 38.7 Å². The Morgan fingerprint density at radius 2 is 2.31 bits per heavy atom. The number of hydrogen-bond acceptors (Lipinski definition) is 2. The van der Waals surface area contributed by atoms with Crippen molar-refractivity contribution in [3.05, 3.63) is 12.7 Å². The van der Waals surface area contributed by atoms with Crippen LogP contribution in [0.5, 0.6) is 0 Å². The second kappa shape index (κ2) is 3.16. The van der Waals surface area contributed by atoms with E-state index in [1.54, 1.807) is 6.08 Å². The summed E-state index contributed by atoms with van der Waals surface area (Å²) >= 11 is 0. The minimum Gasteiger partial charge on any atom is -0.390 e. The molecule has 0 aromatic heterocycles. The maximum absolute atomic E-state index is 9.97. The normalized spacial score (nSPS) is 44.3. The van der Waals surface area contributed by atoms with E-state index in [0.717, 1.165) is 12.8 Å². The minimum absolute atomic E-state index is 0.0306. The molecule has 0 bridgehead atoms. The minimum atomic E-state index is -0.682. The lowest BCUT2D eigenvalue weighted by molar-refractivity contribution is 0.00899. The van der Waals surface area contributed by atoms with Crippen LogP contribution < -0.4 is 0 Å².